The summed E-state index contributed by atoms with van der Waals surface area (Å²) in [5, 5.41) is 2.42. The van der Waals surface area contributed by atoms with Gasteiger partial charge in [0.25, 0.3) is 11.1 Å². The molecule has 1 aromatic heterocycles. The van der Waals surface area contributed by atoms with Crippen molar-refractivity contribution in [1.82, 2.24) is 9.88 Å². The number of thioether (sulfide) groups is 1. The molecule has 3 aromatic rings. The van der Waals surface area contributed by atoms with Gasteiger partial charge in [0.05, 0.1) is 4.91 Å². The molecule has 1 fully saturated rings. The molecule has 0 bridgehead atoms. The number of imide groups is 1. The summed E-state index contributed by atoms with van der Waals surface area (Å²) in [4.78, 5) is 43.2. The summed E-state index contributed by atoms with van der Waals surface area (Å²) in [5.74, 6) is -1.34. The number of halogens is 1. The van der Waals surface area contributed by atoms with E-state index >= 15 is 0 Å². The van der Waals surface area contributed by atoms with Gasteiger partial charge >= 0.3 is 0 Å². The first-order valence-corrected chi connectivity index (χ1v) is 10.9. The van der Waals surface area contributed by atoms with Crippen LogP contribution in [0.15, 0.2) is 65.7 Å². The molecule has 4 rings (SSSR count). The van der Waals surface area contributed by atoms with Crippen LogP contribution in [0.4, 0.5) is 14.3 Å². The van der Waals surface area contributed by atoms with Crippen LogP contribution in [0.25, 0.3) is 6.08 Å². The Labute approximate surface area is 185 Å². The van der Waals surface area contributed by atoms with Gasteiger partial charge in [-0.2, -0.15) is 0 Å². The SMILES string of the molecule is O=C(CN1C(=O)S/C(=C\c2ccccc2)C1=O)Nc1ncc(Cc2ccccc2F)s1. The average Bonchev–Trinajstić information content (AvgIpc) is 3.29. The van der Waals surface area contributed by atoms with Gasteiger partial charge in [0.15, 0.2) is 5.13 Å². The number of hydrogen-bond donors (Lipinski definition) is 1. The van der Waals surface area contributed by atoms with Gasteiger partial charge in [-0.25, -0.2) is 9.37 Å². The summed E-state index contributed by atoms with van der Waals surface area (Å²) in [6.45, 7) is -0.404. The first-order valence-electron chi connectivity index (χ1n) is 9.28. The summed E-state index contributed by atoms with van der Waals surface area (Å²) in [6, 6.07) is 15.6. The molecular weight excluding hydrogens is 437 g/mol. The van der Waals surface area contributed by atoms with Gasteiger partial charge in [0.1, 0.15) is 12.4 Å². The molecule has 1 aliphatic rings. The van der Waals surface area contributed by atoms with Crippen molar-refractivity contribution >= 4 is 51.4 Å². The van der Waals surface area contributed by atoms with Crippen LogP contribution in [0.3, 0.4) is 0 Å². The van der Waals surface area contributed by atoms with E-state index in [9.17, 15) is 18.8 Å². The summed E-state index contributed by atoms with van der Waals surface area (Å²) >= 11 is 2.01. The third kappa shape index (κ3) is 5.07. The Balaban J connectivity index is 1.37. The van der Waals surface area contributed by atoms with E-state index in [0.29, 0.717) is 17.1 Å². The van der Waals surface area contributed by atoms with Gasteiger partial charge in [-0.15, -0.1) is 11.3 Å². The van der Waals surface area contributed by atoms with Crippen molar-refractivity contribution in [2.75, 3.05) is 11.9 Å². The number of rotatable bonds is 6. The van der Waals surface area contributed by atoms with Crippen LogP contribution in [0.2, 0.25) is 0 Å². The maximum Gasteiger partial charge on any atom is 0.294 e. The molecule has 0 atom stereocenters. The lowest BCUT2D eigenvalue weighted by Crippen LogP contribution is -2.36. The highest BCUT2D eigenvalue weighted by atomic mass is 32.2. The van der Waals surface area contributed by atoms with Gasteiger partial charge < -0.3 is 5.32 Å². The van der Waals surface area contributed by atoms with E-state index in [1.165, 1.54) is 17.4 Å². The predicted octanol–water partition coefficient (Wildman–Crippen LogP) is 4.55. The number of anilines is 1. The minimum absolute atomic E-state index is 0.269. The van der Waals surface area contributed by atoms with Crippen LogP contribution in [0, 0.1) is 5.82 Å². The fourth-order valence-corrected chi connectivity index (χ4v) is 4.61. The van der Waals surface area contributed by atoms with Crippen LogP contribution in [0.5, 0.6) is 0 Å². The Bertz CT molecular complexity index is 1180. The topological polar surface area (TPSA) is 79.4 Å². The van der Waals surface area contributed by atoms with Crippen molar-refractivity contribution in [1.29, 1.82) is 0 Å². The lowest BCUT2D eigenvalue weighted by atomic mass is 10.1. The molecular formula is C22H16FN3O3S2. The number of nitrogens with one attached hydrogen (secondary N) is 1. The predicted molar refractivity (Wildman–Crippen MR) is 119 cm³/mol. The number of aromatic nitrogens is 1. The second kappa shape index (κ2) is 9.23. The third-order valence-electron chi connectivity index (χ3n) is 4.40. The fraction of sp³-hybridized carbons (Fsp3) is 0.0909. The lowest BCUT2D eigenvalue weighted by molar-refractivity contribution is -0.127. The van der Waals surface area contributed by atoms with Crippen LogP contribution in [-0.4, -0.2) is 33.5 Å². The van der Waals surface area contributed by atoms with E-state index in [0.717, 1.165) is 27.1 Å². The zero-order valence-corrected chi connectivity index (χ0v) is 17.7. The van der Waals surface area contributed by atoms with E-state index in [1.807, 2.05) is 30.3 Å². The molecule has 0 unspecified atom stereocenters. The smallest absolute Gasteiger partial charge is 0.294 e. The number of nitrogens with zero attached hydrogens (tertiary/aromatic N) is 2. The molecule has 2 aromatic carbocycles. The molecule has 6 nitrogen and oxygen atoms in total. The first-order chi connectivity index (χ1) is 15.0. The number of carbonyl (C=O) groups is 3. The van der Waals surface area contributed by atoms with E-state index in [4.69, 9.17) is 0 Å². The molecule has 3 amide bonds. The number of carbonyl (C=O) groups excluding carboxylic acids is 3. The number of amides is 3. The molecule has 1 saturated heterocycles. The van der Waals surface area contributed by atoms with E-state index < -0.39 is 23.6 Å². The summed E-state index contributed by atoms with van der Waals surface area (Å²) in [6.07, 6.45) is 3.54. The number of thiazole rings is 1. The Kier molecular flexibility index (Phi) is 6.24. The maximum absolute atomic E-state index is 13.8. The molecule has 156 valence electrons. The van der Waals surface area contributed by atoms with Crippen LogP contribution < -0.4 is 5.32 Å². The lowest BCUT2D eigenvalue weighted by Gasteiger charge is -2.11. The summed E-state index contributed by atoms with van der Waals surface area (Å²) in [5.41, 5.74) is 1.33. The van der Waals surface area contributed by atoms with Crippen molar-refractivity contribution in [3.8, 4) is 0 Å². The molecule has 2 heterocycles. The minimum Gasteiger partial charge on any atom is -0.300 e. The summed E-state index contributed by atoms with van der Waals surface area (Å²) in [7, 11) is 0. The van der Waals surface area contributed by atoms with Gasteiger partial charge in [-0.05, 0) is 35.0 Å². The fourth-order valence-electron chi connectivity index (χ4n) is 2.92. The van der Waals surface area contributed by atoms with Gasteiger partial charge in [-0.1, -0.05) is 48.5 Å². The average molecular weight is 454 g/mol. The molecule has 0 aliphatic carbocycles. The molecule has 9 heteroatoms. The zero-order chi connectivity index (χ0) is 21.8. The quantitative estimate of drug-likeness (QED) is 0.554. The minimum atomic E-state index is -0.532. The Hall–Kier alpha value is -3.30. The monoisotopic (exact) mass is 453 g/mol. The van der Waals surface area contributed by atoms with Gasteiger partial charge in [-0.3, -0.25) is 19.3 Å². The second-order valence-electron chi connectivity index (χ2n) is 6.63. The molecule has 0 radical (unpaired) electrons. The third-order valence-corrected chi connectivity index (χ3v) is 6.22. The van der Waals surface area contributed by atoms with Crippen molar-refractivity contribution in [2.24, 2.45) is 0 Å². The van der Waals surface area contributed by atoms with E-state index in [2.05, 4.69) is 10.3 Å². The highest BCUT2D eigenvalue weighted by molar-refractivity contribution is 8.18. The Morgan fingerprint density at radius 3 is 2.61 bits per heavy atom. The molecule has 0 saturated carbocycles. The van der Waals surface area contributed by atoms with Gasteiger partial charge in [0.2, 0.25) is 5.91 Å². The van der Waals surface area contributed by atoms with Crippen molar-refractivity contribution in [2.45, 2.75) is 6.42 Å². The van der Waals surface area contributed by atoms with Gasteiger partial charge in [0, 0.05) is 17.5 Å². The molecule has 1 aliphatic heterocycles. The number of benzene rings is 2. The Morgan fingerprint density at radius 1 is 1.10 bits per heavy atom. The van der Waals surface area contributed by atoms with Crippen LogP contribution in [-0.2, 0) is 16.0 Å². The van der Waals surface area contributed by atoms with E-state index in [-0.39, 0.29) is 10.7 Å². The first kappa shape index (κ1) is 21.0. The highest BCUT2D eigenvalue weighted by Crippen LogP contribution is 2.32. The van der Waals surface area contributed by atoms with E-state index in [1.54, 1.807) is 30.5 Å². The standard InChI is InChI=1S/C22H16FN3O3S2/c23-17-9-5-4-8-15(17)11-16-12-24-21(30-16)25-19(27)13-26-20(28)18(31-22(26)29)10-14-6-2-1-3-7-14/h1-10,12H,11,13H2,(H,24,25,27)/b18-10-. The molecule has 0 spiro atoms. The maximum atomic E-state index is 13.8. The van der Waals surface area contributed by atoms with Crippen molar-refractivity contribution in [3.05, 3.63) is 87.5 Å². The van der Waals surface area contributed by atoms with Crippen molar-refractivity contribution < 1.29 is 18.8 Å². The summed E-state index contributed by atoms with van der Waals surface area (Å²) < 4.78 is 13.8. The number of hydrogen-bond acceptors (Lipinski definition) is 6. The molecule has 31 heavy (non-hydrogen) atoms. The Morgan fingerprint density at radius 2 is 1.84 bits per heavy atom. The molecule has 1 N–H and O–H groups in total. The normalized spacial score (nSPS) is 15.0. The zero-order valence-electron chi connectivity index (χ0n) is 16.1. The largest absolute Gasteiger partial charge is 0.300 e. The highest BCUT2D eigenvalue weighted by Gasteiger charge is 2.36. The van der Waals surface area contributed by atoms with Crippen molar-refractivity contribution in [3.63, 3.8) is 0 Å². The second-order valence-corrected chi connectivity index (χ2v) is 8.74. The van der Waals surface area contributed by atoms with Crippen LogP contribution in [0.1, 0.15) is 16.0 Å². The van der Waals surface area contributed by atoms with Crippen LogP contribution >= 0.6 is 23.1 Å².